The van der Waals surface area contributed by atoms with Crippen LogP contribution in [0.3, 0.4) is 0 Å². The predicted octanol–water partition coefficient (Wildman–Crippen LogP) is 10.4. The van der Waals surface area contributed by atoms with E-state index < -0.39 is 18.1 Å². The molecule has 0 bridgehead atoms. The molecule has 0 unspecified atom stereocenters. The molecule has 26 heteroatoms. The highest BCUT2D eigenvalue weighted by Gasteiger charge is 2.21. The van der Waals surface area contributed by atoms with Gasteiger partial charge in [-0.15, -0.1) is 10.2 Å². The first kappa shape index (κ1) is 51.8. The topological polar surface area (TPSA) is 185 Å². The van der Waals surface area contributed by atoms with E-state index in [1.165, 1.54) is 60.6 Å². The molecule has 17 nitrogen and oxygen atoms in total. The largest absolute Gasteiger partial charge is 0.424 e. The molecule has 0 saturated heterocycles. The van der Waals surface area contributed by atoms with Crippen LogP contribution in [0.4, 0.5) is 11.4 Å². The number of benzene rings is 4. The average Bonchev–Trinajstić information content (AvgIpc) is 3.29. The minimum Gasteiger partial charge on any atom is -0.424 e. The lowest BCUT2D eigenvalue weighted by Gasteiger charge is -2.19. The van der Waals surface area contributed by atoms with Crippen molar-refractivity contribution in [2.75, 3.05) is 41.7 Å². The zero-order valence-electron chi connectivity index (χ0n) is 34.1. The lowest BCUT2D eigenvalue weighted by molar-refractivity contribution is 0.273. The number of rotatable bonds is 18. The molecule has 2 aromatic heterocycles. The molecule has 0 spiro atoms. The van der Waals surface area contributed by atoms with Crippen LogP contribution in [0.1, 0.15) is 13.8 Å². The maximum Gasteiger partial charge on any atom is 0.380 e. The molecule has 62 heavy (non-hydrogen) atoms. The smallest absolute Gasteiger partial charge is 0.380 e. The van der Waals surface area contributed by atoms with Crippen molar-refractivity contribution in [3.05, 3.63) is 123 Å². The molecule has 0 N–H and O–H groups in total. The summed E-state index contributed by atoms with van der Waals surface area (Å²) in [7, 11) is 5.90. The zero-order chi connectivity index (χ0) is 45.2. The molecule has 0 atom stereocenters. The third kappa shape index (κ3) is 15.7. The Labute approximate surface area is 386 Å². The van der Waals surface area contributed by atoms with Crippen LogP contribution in [-0.4, -0.2) is 71.6 Å². The second-order valence-electron chi connectivity index (χ2n) is 11.5. The van der Waals surface area contributed by atoms with Gasteiger partial charge in [0, 0.05) is 45.3 Å². The van der Waals surface area contributed by atoms with E-state index in [9.17, 15) is 9.59 Å². The summed E-state index contributed by atoms with van der Waals surface area (Å²) in [6.07, 6.45) is 0. The SMILES string of the molecule is CCOP(=S)(OCC)SCn1nnc2ccccc2c1=O.COP(=S)(OC)Oc1ccc(N=Nc2ccc(Cl)cc2)cc1.COP(=S)(OC)SCn1nnc2ccccc2c1=O. The summed E-state index contributed by atoms with van der Waals surface area (Å²) in [4.78, 5) is 24.5. The standard InChI is InChI=1S/C14H14ClN2O3PS.C12H16N3O3PS2.C10H12N3O3PS2/c1-18-21(22,19-2)20-14-9-7-13(8-10-14)17-16-12-5-3-11(15)4-6-12;1-3-17-19(20,18-4-2)21-9-15-12(16)10-7-5-6-8-11(10)13-14-15;1-15-17(18,16-2)19-7-13-10(14)8-5-3-4-6-9(8)11-12-13/h3-10H,1-2H3;5-8H,3-4,9H2,1-2H3;3-6H,7H2,1-2H3. The summed E-state index contributed by atoms with van der Waals surface area (Å²) in [6.45, 7) is 1.96. The van der Waals surface area contributed by atoms with Gasteiger partial charge in [0.1, 0.15) is 28.5 Å². The van der Waals surface area contributed by atoms with Crippen LogP contribution in [0.2, 0.25) is 5.02 Å². The Morgan fingerprint density at radius 1 is 0.613 bits per heavy atom. The summed E-state index contributed by atoms with van der Waals surface area (Å²) < 4.78 is 39.5. The number of hydrogen-bond donors (Lipinski definition) is 0. The second kappa shape index (κ2) is 25.6. The van der Waals surface area contributed by atoms with Gasteiger partial charge in [-0.2, -0.15) is 19.6 Å². The van der Waals surface area contributed by atoms with Crippen LogP contribution in [0.15, 0.2) is 117 Å². The Morgan fingerprint density at radius 3 is 1.45 bits per heavy atom. The number of nitrogens with zero attached hydrogens (tertiary/aromatic N) is 8. The molecule has 6 aromatic rings. The lowest BCUT2D eigenvalue weighted by Crippen LogP contribution is -2.23. The summed E-state index contributed by atoms with van der Waals surface area (Å²) >= 11 is 24.1. The van der Waals surface area contributed by atoms with Crippen LogP contribution < -0.4 is 15.6 Å². The van der Waals surface area contributed by atoms with Crippen molar-refractivity contribution in [2.24, 2.45) is 10.2 Å². The summed E-state index contributed by atoms with van der Waals surface area (Å²) in [5, 5.41) is 25.8. The van der Waals surface area contributed by atoms with Gasteiger partial charge >= 0.3 is 6.72 Å². The number of hydrogen-bond acceptors (Lipinski definition) is 20. The molecule has 0 aliphatic rings. The minimum atomic E-state index is -2.72. The highest BCUT2D eigenvalue weighted by Crippen LogP contribution is 2.61. The van der Waals surface area contributed by atoms with Gasteiger partial charge in [0.05, 0.1) is 35.4 Å². The molecule has 0 radical (unpaired) electrons. The molecular weight excluding hydrogens is 977 g/mol. The molecule has 0 amide bonds. The van der Waals surface area contributed by atoms with E-state index >= 15 is 0 Å². The van der Waals surface area contributed by atoms with Crippen molar-refractivity contribution in [2.45, 2.75) is 25.6 Å². The number of halogens is 1. The Hall–Kier alpha value is -2.88. The van der Waals surface area contributed by atoms with Gasteiger partial charge in [0.2, 0.25) is 11.4 Å². The molecular formula is C36H42ClN8O9P3S5. The second-order valence-corrected chi connectivity index (χ2v) is 27.9. The first-order valence-corrected chi connectivity index (χ1v) is 29.4. The Kier molecular flexibility index (Phi) is 21.3. The fraction of sp³-hybridized carbons (Fsp3) is 0.278. The number of aromatic nitrogens is 6. The van der Waals surface area contributed by atoms with Gasteiger partial charge < -0.3 is 31.7 Å². The summed E-state index contributed by atoms with van der Waals surface area (Å²) in [6, 6.07) is 28.3. The zero-order valence-corrected chi connectivity index (χ0v) is 41.6. The van der Waals surface area contributed by atoms with E-state index in [0.717, 1.165) is 5.69 Å². The first-order chi connectivity index (χ1) is 29.7. The Bertz CT molecular complexity index is 2660. The third-order valence-electron chi connectivity index (χ3n) is 7.57. The highest BCUT2D eigenvalue weighted by atomic mass is 35.5. The molecule has 6 rings (SSSR count). The molecule has 4 aromatic carbocycles. The normalized spacial score (nSPS) is 11.9. The Morgan fingerprint density at radius 2 is 1.03 bits per heavy atom. The fourth-order valence-corrected chi connectivity index (χ4v) is 12.4. The molecule has 0 aliphatic carbocycles. The van der Waals surface area contributed by atoms with Crippen molar-refractivity contribution in [3.8, 4) is 5.75 Å². The van der Waals surface area contributed by atoms with Crippen LogP contribution >= 0.6 is 52.5 Å². The number of azo groups is 1. The molecule has 332 valence electrons. The van der Waals surface area contributed by atoms with Crippen LogP contribution in [0, 0.1) is 0 Å². The average molecular weight is 1020 g/mol. The number of fused-ring (bicyclic) bond motifs is 2. The molecule has 0 saturated carbocycles. The maximum atomic E-state index is 12.3. The summed E-state index contributed by atoms with van der Waals surface area (Å²) in [5.41, 5.74) is -2.68. The quantitative estimate of drug-likeness (QED) is 0.0584. The van der Waals surface area contributed by atoms with Gasteiger partial charge in [0.15, 0.2) is 0 Å². The van der Waals surface area contributed by atoms with Crippen molar-refractivity contribution in [3.63, 3.8) is 0 Å². The van der Waals surface area contributed by atoms with Crippen LogP contribution in [0.25, 0.3) is 21.8 Å². The summed E-state index contributed by atoms with van der Waals surface area (Å²) in [5.74, 6) is 1.06. The molecule has 2 heterocycles. The van der Waals surface area contributed by atoms with Crippen molar-refractivity contribution in [1.82, 2.24) is 30.0 Å². The van der Waals surface area contributed by atoms with E-state index in [1.54, 1.807) is 84.9 Å². The first-order valence-electron chi connectivity index (χ1n) is 18.0. The van der Waals surface area contributed by atoms with E-state index in [0.29, 0.717) is 51.5 Å². The van der Waals surface area contributed by atoms with Gasteiger partial charge in [0.25, 0.3) is 11.1 Å². The van der Waals surface area contributed by atoms with Gasteiger partial charge in [-0.1, -0.05) is 46.3 Å². The van der Waals surface area contributed by atoms with Crippen molar-refractivity contribution < 1.29 is 31.7 Å². The monoisotopic (exact) mass is 1020 g/mol. The molecule has 0 aliphatic heterocycles. The van der Waals surface area contributed by atoms with Crippen molar-refractivity contribution >= 4 is 121 Å². The van der Waals surface area contributed by atoms with Gasteiger partial charge in [-0.25, -0.2) is 0 Å². The van der Waals surface area contributed by atoms with E-state index in [4.69, 9.17) is 78.7 Å². The van der Waals surface area contributed by atoms with Gasteiger partial charge in [-0.3, -0.25) is 9.59 Å². The fourth-order valence-electron chi connectivity index (χ4n) is 4.55. The van der Waals surface area contributed by atoms with Crippen LogP contribution in [0.5, 0.6) is 5.75 Å². The maximum absolute atomic E-state index is 12.3. The third-order valence-corrected chi connectivity index (χ3v) is 21.2. The Balaban J connectivity index is 0.000000205. The lowest BCUT2D eigenvalue weighted by atomic mass is 10.2. The minimum absolute atomic E-state index is 0.192. The van der Waals surface area contributed by atoms with E-state index in [-0.39, 0.29) is 22.9 Å². The van der Waals surface area contributed by atoms with E-state index in [1.807, 2.05) is 26.0 Å². The molecule has 0 fully saturated rings. The van der Waals surface area contributed by atoms with E-state index in [2.05, 4.69) is 30.9 Å². The van der Waals surface area contributed by atoms with Gasteiger partial charge in [-0.05, 0) is 133 Å². The van der Waals surface area contributed by atoms with Crippen molar-refractivity contribution in [1.29, 1.82) is 0 Å². The highest BCUT2D eigenvalue weighted by molar-refractivity contribution is 8.67. The predicted molar refractivity (Wildman–Crippen MR) is 260 cm³/mol. The van der Waals surface area contributed by atoms with Crippen LogP contribution in [-0.2, 0) is 74.3 Å².